The molecule has 0 aromatic heterocycles. The summed E-state index contributed by atoms with van der Waals surface area (Å²) in [6, 6.07) is 21.5. The molecule has 0 spiro atoms. The van der Waals surface area contributed by atoms with Crippen molar-refractivity contribution in [3.63, 3.8) is 0 Å². The summed E-state index contributed by atoms with van der Waals surface area (Å²) in [5, 5.41) is 0.369. The van der Waals surface area contributed by atoms with Gasteiger partial charge in [-0.05, 0) is 42.2 Å². The van der Waals surface area contributed by atoms with Crippen molar-refractivity contribution in [1.29, 1.82) is 0 Å². The molecule has 0 radical (unpaired) electrons. The molecule has 3 aromatic rings. The van der Waals surface area contributed by atoms with Gasteiger partial charge in [0.1, 0.15) is 5.75 Å². The lowest BCUT2D eigenvalue weighted by molar-refractivity contribution is 0.391. The quantitative estimate of drug-likeness (QED) is 0.703. The molecule has 1 heterocycles. The number of aryl methyl sites for hydroxylation is 1. The molecule has 1 N–H and O–H groups in total. The van der Waals surface area contributed by atoms with Crippen LogP contribution in [0.1, 0.15) is 16.7 Å². The third-order valence-corrected chi connectivity index (χ3v) is 5.73. The minimum atomic E-state index is -3.82. The van der Waals surface area contributed by atoms with Crippen molar-refractivity contribution in [2.75, 3.05) is 0 Å². The largest absolute Gasteiger partial charge is 0.420 e. The molecule has 0 fully saturated rings. The maximum atomic E-state index is 12.5. The molecule has 1 atom stereocenters. The van der Waals surface area contributed by atoms with Crippen LogP contribution in [0.4, 0.5) is 0 Å². The summed E-state index contributed by atoms with van der Waals surface area (Å²) in [5.74, 6) is 0.511. The van der Waals surface area contributed by atoms with Gasteiger partial charge >= 0.3 is 7.60 Å². The van der Waals surface area contributed by atoms with Crippen LogP contribution < -0.4 is 9.83 Å². The third-order valence-electron chi connectivity index (χ3n) is 4.30. The molecule has 0 bridgehead atoms. The van der Waals surface area contributed by atoms with E-state index in [1.54, 1.807) is 12.1 Å². The minimum absolute atomic E-state index is 0.369. The van der Waals surface area contributed by atoms with Gasteiger partial charge in [-0.3, -0.25) is 0 Å². The van der Waals surface area contributed by atoms with Gasteiger partial charge in [-0.2, -0.15) is 0 Å². The Morgan fingerprint density at radius 2 is 1.62 bits per heavy atom. The maximum absolute atomic E-state index is 12.5. The van der Waals surface area contributed by atoms with E-state index < -0.39 is 7.60 Å². The molecule has 24 heavy (non-hydrogen) atoms. The zero-order chi connectivity index (χ0) is 16.7. The molecule has 120 valence electrons. The molecule has 0 amide bonds. The van der Waals surface area contributed by atoms with Gasteiger partial charge in [0, 0.05) is 11.1 Å². The van der Waals surface area contributed by atoms with Crippen LogP contribution in [0.25, 0.3) is 11.1 Å². The maximum Gasteiger partial charge on any atom is 0.408 e. The van der Waals surface area contributed by atoms with Crippen LogP contribution in [0.2, 0.25) is 0 Å². The van der Waals surface area contributed by atoms with Crippen molar-refractivity contribution in [2.45, 2.75) is 13.3 Å². The predicted molar refractivity (Wildman–Crippen MR) is 96.0 cm³/mol. The van der Waals surface area contributed by atoms with Crippen molar-refractivity contribution in [2.24, 2.45) is 0 Å². The van der Waals surface area contributed by atoms with Crippen molar-refractivity contribution in [1.82, 2.24) is 0 Å². The molecular weight excluding hydrogens is 319 g/mol. The standard InChI is InChI=1S/C20H17O3P/c1-14-11-16(12-15-7-3-2-4-8-15)13-18-17-9-5-6-10-19(17)24(21,22)23-20(14)18/h2-11,13H,12H2,1H3,(H,21,22). The molecule has 1 unspecified atom stereocenters. The van der Waals surface area contributed by atoms with Crippen molar-refractivity contribution >= 4 is 12.9 Å². The van der Waals surface area contributed by atoms with Gasteiger partial charge in [0.25, 0.3) is 0 Å². The van der Waals surface area contributed by atoms with Crippen LogP contribution in [-0.4, -0.2) is 4.89 Å². The predicted octanol–water partition coefficient (Wildman–Crippen LogP) is 4.46. The first-order chi connectivity index (χ1) is 11.5. The second-order valence-electron chi connectivity index (χ2n) is 6.08. The highest BCUT2D eigenvalue weighted by Crippen LogP contribution is 2.53. The van der Waals surface area contributed by atoms with E-state index in [9.17, 15) is 9.46 Å². The Hall–Kier alpha value is -2.35. The molecule has 0 saturated carbocycles. The molecule has 4 rings (SSSR count). The fraction of sp³-hybridized carbons (Fsp3) is 0.100. The molecule has 3 nitrogen and oxygen atoms in total. The van der Waals surface area contributed by atoms with E-state index in [0.29, 0.717) is 11.1 Å². The van der Waals surface area contributed by atoms with Crippen LogP contribution in [0.5, 0.6) is 5.75 Å². The average Bonchev–Trinajstić information content (AvgIpc) is 2.57. The lowest BCUT2D eigenvalue weighted by atomic mass is 9.95. The summed E-state index contributed by atoms with van der Waals surface area (Å²) in [7, 11) is -3.82. The Bertz CT molecular complexity index is 964. The first-order valence-electron chi connectivity index (χ1n) is 7.84. The first kappa shape index (κ1) is 15.2. The van der Waals surface area contributed by atoms with Crippen molar-refractivity contribution < 1.29 is 14.0 Å². The molecule has 1 aliphatic heterocycles. The smallest absolute Gasteiger partial charge is 0.408 e. The van der Waals surface area contributed by atoms with Gasteiger partial charge in [0.15, 0.2) is 0 Å². The minimum Gasteiger partial charge on any atom is -0.420 e. The van der Waals surface area contributed by atoms with E-state index in [1.807, 2.05) is 43.3 Å². The van der Waals surface area contributed by atoms with Gasteiger partial charge in [0.05, 0.1) is 5.30 Å². The first-order valence-corrected chi connectivity index (χ1v) is 9.42. The fourth-order valence-corrected chi connectivity index (χ4v) is 4.59. The highest BCUT2D eigenvalue weighted by molar-refractivity contribution is 7.62. The third kappa shape index (κ3) is 2.56. The van der Waals surface area contributed by atoms with Crippen molar-refractivity contribution in [3.05, 3.63) is 83.4 Å². The van der Waals surface area contributed by atoms with Crippen LogP contribution in [-0.2, 0) is 11.0 Å². The van der Waals surface area contributed by atoms with Crippen molar-refractivity contribution in [3.8, 4) is 16.9 Å². The summed E-state index contributed by atoms with van der Waals surface area (Å²) in [5.41, 5.74) is 4.93. The van der Waals surface area contributed by atoms with E-state index in [0.717, 1.165) is 28.7 Å². The van der Waals surface area contributed by atoms with E-state index in [-0.39, 0.29) is 0 Å². The summed E-state index contributed by atoms with van der Waals surface area (Å²) in [6.07, 6.45) is 0.813. The summed E-state index contributed by atoms with van der Waals surface area (Å²) in [4.78, 5) is 10.2. The SMILES string of the molecule is Cc1cc(Cc2ccccc2)cc2c1OP(=O)(O)c1ccccc1-2. The molecular formula is C20H17O3P. The molecule has 4 heteroatoms. The molecule has 0 saturated heterocycles. The van der Waals surface area contributed by atoms with Gasteiger partial charge in [-0.1, -0.05) is 54.6 Å². The topological polar surface area (TPSA) is 46.5 Å². The van der Waals surface area contributed by atoms with E-state index >= 15 is 0 Å². The van der Waals surface area contributed by atoms with E-state index in [2.05, 4.69) is 18.2 Å². The van der Waals surface area contributed by atoms with Crippen LogP contribution in [0.15, 0.2) is 66.7 Å². The number of hydrogen-bond donors (Lipinski definition) is 1. The number of benzene rings is 3. The Labute approximate surface area is 141 Å². The summed E-state index contributed by atoms with van der Waals surface area (Å²) in [6.45, 7) is 1.92. The highest BCUT2D eigenvalue weighted by Gasteiger charge is 2.35. The second kappa shape index (κ2) is 5.62. The average molecular weight is 336 g/mol. The van der Waals surface area contributed by atoms with Gasteiger partial charge in [-0.25, -0.2) is 4.57 Å². The summed E-state index contributed by atoms with van der Waals surface area (Å²) < 4.78 is 18.0. The highest BCUT2D eigenvalue weighted by atomic mass is 31.2. The molecule has 3 aromatic carbocycles. The fourth-order valence-electron chi connectivity index (χ4n) is 3.22. The number of hydrogen-bond acceptors (Lipinski definition) is 2. The summed E-state index contributed by atoms with van der Waals surface area (Å²) >= 11 is 0. The van der Waals surface area contributed by atoms with Crippen LogP contribution in [0.3, 0.4) is 0 Å². The Balaban J connectivity index is 1.86. The zero-order valence-electron chi connectivity index (χ0n) is 13.3. The zero-order valence-corrected chi connectivity index (χ0v) is 14.2. The van der Waals surface area contributed by atoms with Gasteiger partial charge in [-0.15, -0.1) is 0 Å². The Morgan fingerprint density at radius 3 is 2.42 bits per heavy atom. The normalized spacial score (nSPS) is 18.4. The van der Waals surface area contributed by atoms with E-state index in [1.165, 1.54) is 5.56 Å². The Kier molecular flexibility index (Phi) is 3.56. The van der Waals surface area contributed by atoms with Gasteiger partial charge in [0.2, 0.25) is 0 Å². The molecule has 1 aliphatic rings. The van der Waals surface area contributed by atoms with Crippen LogP contribution >= 0.6 is 7.60 Å². The van der Waals surface area contributed by atoms with Crippen LogP contribution in [0, 0.1) is 6.92 Å². The number of fused-ring (bicyclic) bond motifs is 3. The second-order valence-corrected chi connectivity index (χ2v) is 7.79. The lowest BCUT2D eigenvalue weighted by Gasteiger charge is -2.26. The lowest BCUT2D eigenvalue weighted by Crippen LogP contribution is -2.17. The number of rotatable bonds is 2. The van der Waals surface area contributed by atoms with E-state index in [4.69, 9.17) is 4.52 Å². The monoisotopic (exact) mass is 336 g/mol. The Morgan fingerprint density at radius 1 is 0.917 bits per heavy atom. The molecule has 0 aliphatic carbocycles. The van der Waals surface area contributed by atoms with Gasteiger partial charge < -0.3 is 9.42 Å².